The molecule has 0 aromatic heterocycles. The molecule has 0 aliphatic carbocycles. The van der Waals surface area contributed by atoms with Gasteiger partial charge in [-0.05, 0) is 38.5 Å². The first-order valence-corrected chi connectivity index (χ1v) is 8.02. The zero-order valence-corrected chi connectivity index (χ0v) is 12.1. The van der Waals surface area contributed by atoms with Gasteiger partial charge >= 0.3 is 0 Å². The molecule has 1 aliphatic rings. The zero-order valence-electron chi connectivity index (χ0n) is 11.3. The second-order valence-corrected chi connectivity index (χ2v) is 5.92. The largest absolute Gasteiger partial charge is 0.494 e. The molecule has 2 nitrogen and oxygen atoms in total. The lowest BCUT2D eigenvalue weighted by atomic mass is 10.1. The molecule has 0 amide bonds. The van der Waals surface area contributed by atoms with Crippen LogP contribution in [0.1, 0.15) is 38.3 Å². The van der Waals surface area contributed by atoms with Gasteiger partial charge in [-0.3, -0.25) is 0 Å². The Morgan fingerprint density at radius 3 is 3.00 bits per heavy atom. The molecule has 1 aliphatic heterocycles. The van der Waals surface area contributed by atoms with Crippen molar-refractivity contribution in [2.24, 2.45) is 0 Å². The molecule has 1 fully saturated rings. The van der Waals surface area contributed by atoms with E-state index in [-0.39, 0.29) is 0 Å². The third-order valence-electron chi connectivity index (χ3n) is 3.33. The predicted molar refractivity (Wildman–Crippen MR) is 79.5 cm³/mol. The van der Waals surface area contributed by atoms with E-state index < -0.39 is 0 Å². The second kappa shape index (κ2) is 7.05. The first kappa shape index (κ1) is 13.8. The Morgan fingerprint density at radius 1 is 1.44 bits per heavy atom. The van der Waals surface area contributed by atoms with Crippen LogP contribution in [0.25, 0.3) is 0 Å². The molecule has 1 aromatic rings. The average molecular weight is 265 g/mol. The number of hydrogen-bond acceptors (Lipinski definition) is 3. The van der Waals surface area contributed by atoms with Gasteiger partial charge < -0.3 is 10.1 Å². The Labute approximate surface area is 114 Å². The summed E-state index contributed by atoms with van der Waals surface area (Å²) < 4.78 is 5.70. The maximum Gasteiger partial charge on any atom is 0.124 e. The van der Waals surface area contributed by atoms with E-state index in [4.69, 9.17) is 4.74 Å². The van der Waals surface area contributed by atoms with Gasteiger partial charge in [-0.25, -0.2) is 0 Å². The molecule has 100 valence electrons. The third kappa shape index (κ3) is 3.66. The van der Waals surface area contributed by atoms with E-state index in [0.29, 0.717) is 12.1 Å². The number of ether oxygens (including phenoxy) is 1. The van der Waals surface area contributed by atoms with Crippen molar-refractivity contribution < 1.29 is 4.74 Å². The molecular formula is C15H23NOS. The summed E-state index contributed by atoms with van der Waals surface area (Å²) in [5.41, 5.74) is 1.27. The van der Waals surface area contributed by atoms with Crippen molar-refractivity contribution in [1.29, 1.82) is 0 Å². The van der Waals surface area contributed by atoms with Crippen LogP contribution in [-0.2, 0) is 0 Å². The molecule has 1 saturated heterocycles. The van der Waals surface area contributed by atoms with E-state index in [1.165, 1.54) is 29.9 Å². The van der Waals surface area contributed by atoms with Crippen LogP contribution in [0.3, 0.4) is 0 Å². The van der Waals surface area contributed by atoms with E-state index in [2.05, 4.69) is 42.2 Å². The highest BCUT2D eigenvalue weighted by Gasteiger charge is 2.18. The van der Waals surface area contributed by atoms with Crippen molar-refractivity contribution in [3.05, 3.63) is 29.8 Å². The fourth-order valence-electron chi connectivity index (χ4n) is 2.44. The highest BCUT2D eigenvalue weighted by molar-refractivity contribution is 7.99. The van der Waals surface area contributed by atoms with Crippen LogP contribution in [0.5, 0.6) is 5.75 Å². The minimum absolute atomic E-state index is 0.358. The van der Waals surface area contributed by atoms with E-state index in [1.54, 1.807) is 0 Å². The van der Waals surface area contributed by atoms with E-state index in [9.17, 15) is 0 Å². The van der Waals surface area contributed by atoms with E-state index >= 15 is 0 Å². The maximum atomic E-state index is 5.70. The summed E-state index contributed by atoms with van der Waals surface area (Å²) in [4.78, 5) is 0. The van der Waals surface area contributed by atoms with Crippen LogP contribution < -0.4 is 10.1 Å². The molecule has 3 heteroatoms. The number of hydrogen-bond donors (Lipinski definition) is 1. The molecule has 0 radical (unpaired) electrons. The molecule has 18 heavy (non-hydrogen) atoms. The van der Waals surface area contributed by atoms with Gasteiger partial charge in [-0.1, -0.05) is 18.2 Å². The molecule has 2 rings (SSSR count). The van der Waals surface area contributed by atoms with Gasteiger partial charge in [0.15, 0.2) is 0 Å². The molecule has 0 saturated carbocycles. The highest BCUT2D eigenvalue weighted by Crippen LogP contribution is 2.27. The first-order valence-electron chi connectivity index (χ1n) is 6.86. The normalized spacial score (nSPS) is 21.6. The molecule has 0 spiro atoms. The number of thioether (sulfide) groups is 1. The van der Waals surface area contributed by atoms with Crippen molar-refractivity contribution in [1.82, 2.24) is 5.32 Å². The third-order valence-corrected chi connectivity index (χ3v) is 4.55. The van der Waals surface area contributed by atoms with Crippen LogP contribution in [0.2, 0.25) is 0 Å². The fourth-order valence-corrected chi connectivity index (χ4v) is 3.53. The molecule has 2 unspecified atom stereocenters. The second-order valence-electron chi connectivity index (χ2n) is 4.77. The van der Waals surface area contributed by atoms with Crippen LogP contribution in [-0.4, -0.2) is 24.2 Å². The van der Waals surface area contributed by atoms with E-state index in [0.717, 1.165) is 12.4 Å². The summed E-state index contributed by atoms with van der Waals surface area (Å²) in [5, 5.41) is 3.73. The minimum Gasteiger partial charge on any atom is -0.494 e. The summed E-state index contributed by atoms with van der Waals surface area (Å²) in [6.07, 6.45) is 2.64. The molecular weight excluding hydrogens is 242 g/mol. The van der Waals surface area contributed by atoms with Crippen molar-refractivity contribution in [2.75, 3.05) is 18.1 Å². The van der Waals surface area contributed by atoms with Gasteiger partial charge in [0, 0.05) is 23.4 Å². The van der Waals surface area contributed by atoms with Crippen molar-refractivity contribution in [3.8, 4) is 5.75 Å². The van der Waals surface area contributed by atoms with Gasteiger partial charge in [0.25, 0.3) is 0 Å². The standard InChI is InChI=1S/C15H23NOS/c1-3-17-15-9-5-4-8-14(15)12(2)16-13-7-6-10-18-11-13/h4-5,8-9,12-13,16H,3,6-7,10-11H2,1-2H3. The average Bonchev–Trinajstić information content (AvgIpc) is 2.41. The van der Waals surface area contributed by atoms with Crippen LogP contribution in [0.4, 0.5) is 0 Å². The van der Waals surface area contributed by atoms with Gasteiger partial charge in [0.05, 0.1) is 6.61 Å². The molecule has 1 aromatic carbocycles. The van der Waals surface area contributed by atoms with Gasteiger partial charge in [0.2, 0.25) is 0 Å². The predicted octanol–water partition coefficient (Wildman–Crippen LogP) is 3.63. The van der Waals surface area contributed by atoms with Crippen LogP contribution >= 0.6 is 11.8 Å². The fraction of sp³-hybridized carbons (Fsp3) is 0.600. The Morgan fingerprint density at radius 2 is 2.28 bits per heavy atom. The topological polar surface area (TPSA) is 21.3 Å². The molecule has 0 bridgehead atoms. The van der Waals surface area contributed by atoms with Gasteiger partial charge in [0.1, 0.15) is 5.75 Å². The Hall–Kier alpha value is -0.670. The number of rotatable bonds is 5. The zero-order chi connectivity index (χ0) is 12.8. The quantitative estimate of drug-likeness (QED) is 0.878. The Kier molecular flexibility index (Phi) is 5.39. The van der Waals surface area contributed by atoms with E-state index in [1.807, 2.05) is 13.0 Å². The van der Waals surface area contributed by atoms with Crippen LogP contribution in [0, 0.1) is 0 Å². The Bertz CT molecular complexity index is 363. The minimum atomic E-state index is 0.358. The summed E-state index contributed by atoms with van der Waals surface area (Å²) in [6, 6.07) is 9.36. The smallest absolute Gasteiger partial charge is 0.124 e. The molecule has 2 atom stereocenters. The van der Waals surface area contributed by atoms with Crippen molar-refractivity contribution in [3.63, 3.8) is 0 Å². The van der Waals surface area contributed by atoms with Crippen molar-refractivity contribution in [2.45, 2.75) is 38.8 Å². The Balaban J connectivity index is 2.00. The maximum absolute atomic E-state index is 5.70. The van der Waals surface area contributed by atoms with Gasteiger partial charge in [-0.2, -0.15) is 11.8 Å². The molecule has 1 heterocycles. The highest BCUT2D eigenvalue weighted by atomic mass is 32.2. The van der Waals surface area contributed by atoms with Crippen molar-refractivity contribution >= 4 is 11.8 Å². The summed E-state index contributed by atoms with van der Waals surface area (Å²) in [7, 11) is 0. The number of benzene rings is 1. The number of nitrogens with one attached hydrogen (secondary N) is 1. The van der Waals surface area contributed by atoms with Gasteiger partial charge in [-0.15, -0.1) is 0 Å². The molecule has 1 N–H and O–H groups in total. The SMILES string of the molecule is CCOc1ccccc1C(C)NC1CCCSC1. The summed E-state index contributed by atoms with van der Waals surface area (Å²) >= 11 is 2.06. The first-order chi connectivity index (χ1) is 8.81. The lowest BCUT2D eigenvalue weighted by molar-refractivity contribution is 0.330. The van der Waals surface area contributed by atoms with Crippen LogP contribution in [0.15, 0.2) is 24.3 Å². The number of para-hydroxylation sites is 1. The lowest BCUT2D eigenvalue weighted by Gasteiger charge is -2.27. The lowest BCUT2D eigenvalue weighted by Crippen LogP contribution is -2.35. The summed E-state index contributed by atoms with van der Waals surface area (Å²) in [5.74, 6) is 3.58. The monoisotopic (exact) mass is 265 g/mol. The summed E-state index contributed by atoms with van der Waals surface area (Å²) in [6.45, 7) is 4.99.